The Balaban J connectivity index is 2.23. The fraction of sp³-hybridized carbons (Fsp3) is 0.250. The van der Waals surface area contributed by atoms with E-state index in [2.05, 4.69) is 46.1 Å². The molecule has 0 aliphatic rings. The molecule has 2 aromatic carbocycles. The number of para-hydroxylation sites is 1. The normalized spacial score (nSPS) is 10.4. The Morgan fingerprint density at radius 1 is 1.20 bits per heavy atom. The van der Waals surface area contributed by atoms with Crippen LogP contribution < -0.4 is 15.4 Å². The van der Waals surface area contributed by atoms with Gasteiger partial charge in [0.15, 0.2) is 0 Å². The Kier molecular flexibility index (Phi) is 5.04. The largest absolute Gasteiger partial charge is 0.496 e. The van der Waals surface area contributed by atoms with Crippen molar-refractivity contribution in [1.82, 2.24) is 0 Å². The molecule has 0 unspecified atom stereocenters. The summed E-state index contributed by atoms with van der Waals surface area (Å²) in [7, 11) is 3.76. The van der Waals surface area contributed by atoms with Crippen LogP contribution in [0.4, 0.5) is 5.69 Å². The quantitative estimate of drug-likeness (QED) is 0.908. The molecule has 0 aliphatic heterocycles. The molecule has 0 bridgehead atoms. The first-order valence-electron chi connectivity index (χ1n) is 6.46. The fourth-order valence-corrected chi connectivity index (χ4v) is 2.68. The maximum atomic E-state index is 5.73. The van der Waals surface area contributed by atoms with Crippen LogP contribution in [-0.4, -0.2) is 14.2 Å². The molecule has 2 aromatic rings. The van der Waals surface area contributed by atoms with Gasteiger partial charge in [-0.1, -0.05) is 34.1 Å². The lowest BCUT2D eigenvalue weighted by atomic mass is 10.1. The summed E-state index contributed by atoms with van der Waals surface area (Å²) in [5, 5.41) is 0. The van der Waals surface area contributed by atoms with Crippen molar-refractivity contribution in [2.24, 2.45) is 5.73 Å². The van der Waals surface area contributed by atoms with Crippen LogP contribution in [0, 0.1) is 0 Å². The Morgan fingerprint density at radius 3 is 2.65 bits per heavy atom. The van der Waals surface area contributed by atoms with Gasteiger partial charge in [-0.3, -0.25) is 0 Å². The van der Waals surface area contributed by atoms with E-state index in [1.165, 1.54) is 0 Å². The number of hydrogen-bond acceptors (Lipinski definition) is 3. The SMILES string of the molecule is COc1ccccc1CN(C)c1cc(Br)cc(CN)c1. The molecule has 0 saturated carbocycles. The van der Waals surface area contributed by atoms with Crippen LogP contribution in [0.5, 0.6) is 5.75 Å². The molecule has 2 N–H and O–H groups in total. The Hall–Kier alpha value is -1.52. The zero-order chi connectivity index (χ0) is 14.5. The van der Waals surface area contributed by atoms with Crippen molar-refractivity contribution in [2.75, 3.05) is 19.1 Å². The first kappa shape index (κ1) is 14.9. The summed E-state index contributed by atoms with van der Waals surface area (Å²) in [5.74, 6) is 0.911. The molecule has 3 nitrogen and oxygen atoms in total. The van der Waals surface area contributed by atoms with Gasteiger partial charge in [0.1, 0.15) is 5.75 Å². The van der Waals surface area contributed by atoms with Crippen LogP contribution in [0.15, 0.2) is 46.9 Å². The van der Waals surface area contributed by atoms with Gasteiger partial charge in [-0.15, -0.1) is 0 Å². The zero-order valence-corrected chi connectivity index (χ0v) is 13.4. The summed E-state index contributed by atoms with van der Waals surface area (Å²) < 4.78 is 6.44. The van der Waals surface area contributed by atoms with E-state index in [4.69, 9.17) is 10.5 Å². The highest BCUT2D eigenvalue weighted by molar-refractivity contribution is 9.10. The van der Waals surface area contributed by atoms with Crippen LogP contribution in [-0.2, 0) is 13.1 Å². The minimum absolute atomic E-state index is 0.537. The van der Waals surface area contributed by atoms with Gasteiger partial charge >= 0.3 is 0 Å². The van der Waals surface area contributed by atoms with Crippen molar-refractivity contribution in [3.05, 3.63) is 58.1 Å². The van der Waals surface area contributed by atoms with E-state index in [1.807, 2.05) is 24.3 Å². The highest BCUT2D eigenvalue weighted by Crippen LogP contribution is 2.25. The minimum Gasteiger partial charge on any atom is -0.496 e. The average Bonchev–Trinajstić information content (AvgIpc) is 2.47. The average molecular weight is 335 g/mol. The third-order valence-electron chi connectivity index (χ3n) is 3.22. The first-order valence-corrected chi connectivity index (χ1v) is 7.26. The number of hydrogen-bond donors (Lipinski definition) is 1. The molecule has 2 rings (SSSR count). The van der Waals surface area contributed by atoms with Gasteiger partial charge in [0.2, 0.25) is 0 Å². The number of methoxy groups -OCH3 is 1. The summed E-state index contributed by atoms with van der Waals surface area (Å²) >= 11 is 3.53. The molecule has 106 valence electrons. The number of nitrogens with two attached hydrogens (primary N) is 1. The van der Waals surface area contributed by atoms with Crippen LogP contribution in [0.3, 0.4) is 0 Å². The predicted molar refractivity (Wildman–Crippen MR) is 87.1 cm³/mol. The lowest BCUT2D eigenvalue weighted by Gasteiger charge is -2.21. The fourth-order valence-electron chi connectivity index (χ4n) is 2.15. The molecule has 0 fully saturated rings. The van der Waals surface area contributed by atoms with Crippen LogP contribution in [0.25, 0.3) is 0 Å². The molecule has 0 saturated heterocycles. The van der Waals surface area contributed by atoms with E-state index >= 15 is 0 Å². The van der Waals surface area contributed by atoms with Gasteiger partial charge in [-0.2, -0.15) is 0 Å². The molecule has 0 heterocycles. The number of rotatable bonds is 5. The van der Waals surface area contributed by atoms with Crippen molar-refractivity contribution >= 4 is 21.6 Å². The van der Waals surface area contributed by atoms with Gasteiger partial charge in [-0.05, 0) is 29.8 Å². The van der Waals surface area contributed by atoms with Gasteiger partial charge in [0.05, 0.1) is 7.11 Å². The van der Waals surface area contributed by atoms with Gasteiger partial charge in [-0.25, -0.2) is 0 Å². The lowest BCUT2D eigenvalue weighted by Crippen LogP contribution is -2.17. The third kappa shape index (κ3) is 3.52. The standard InChI is InChI=1S/C16H19BrN2O/c1-19(11-13-5-3-4-6-16(13)20-2)15-8-12(10-18)7-14(17)9-15/h3-9H,10-11,18H2,1-2H3. The maximum absolute atomic E-state index is 5.73. The first-order chi connectivity index (χ1) is 9.63. The van der Waals surface area contributed by atoms with Crippen LogP contribution in [0.2, 0.25) is 0 Å². The molecule has 0 aromatic heterocycles. The van der Waals surface area contributed by atoms with Crippen molar-refractivity contribution in [3.63, 3.8) is 0 Å². The molecule has 20 heavy (non-hydrogen) atoms. The molecule has 0 amide bonds. The maximum Gasteiger partial charge on any atom is 0.123 e. The van der Waals surface area contributed by atoms with Gasteiger partial charge in [0, 0.05) is 35.9 Å². The Bertz CT molecular complexity index is 586. The van der Waals surface area contributed by atoms with Crippen LogP contribution >= 0.6 is 15.9 Å². The molecule has 0 atom stereocenters. The summed E-state index contributed by atoms with van der Waals surface area (Å²) in [6, 6.07) is 14.3. The highest BCUT2D eigenvalue weighted by Gasteiger charge is 2.08. The van der Waals surface area contributed by atoms with Gasteiger partial charge < -0.3 is 15.4 Å². The number of benzene rings is 2. The second-order valence-corrected chi connectivity index (χ2v) is 5.61. The van der Waals surface area contributed by atoms with Crippen molar-refractivity contribution < 1.29 is 4.74 Å². The summed E-state index contributed by atoms with van der Waals surface area (Å²) in [6.07, 6.45) is 0. The Labute approximate surface area is 128 Å². The van der Waals surface area contributed by atoms with Crippen molar-refractivity contribution in [2.45, 2.75) is 13.1 Å². The molecular formula is C16H19BrN2O. The molecular weight excluding hydrogens is 316 g/mol. The van der Waals surface area contributed by atoms with E-state index in [1.54, 1.807) is 7.11 Å². The van der Waals surface area contributed by atoms with Crippen LogP contribution in [0.1, 0.15) is 11.1 Å². The lowest BCUT2D eigenvalue weighted by molar-refractivity contribution is 0.409. The third-order valence-corrected chi connectivity index (χ3v) is 3.68. The van der Waals surface area contributed by atoms with E-state index < -0.39 is 0 Å². The van der Waals surface area contributed by atoms with Crippen molar-refractivity contribution in [3.8, 4) is 5.75 Å². The molecule has 0 spiro atoms. The molecule has 0 radical (unpaired) electrons. The Morgan fingerprint density at radius 2 is 1.95 bits per heavy atom. The smallest absolute Gasteiger partial charge is 0.123 e. The van der Waals surface area contributed by atoms with E-state index in [9.17, 15) is 0 Å². The zero-order valence-electron chi connectivity index (χ0n) is 11.8. The van der Waals surface area contributed by atoms with E-state index in [-0.39, 0.29) is 0 Å². The highest BCUT2D eigenvalue weighted by atomic mass is 79.9. The molecule has 4 heteroatoms. The second kappa shape index (κ2) is 6.77. The molecule has 0 aliphatic carbocycles. The summed E-state index contributed by atoms with van der Waals surface area (Å²) in [4.78, 5) is 2.18. The van der Waals surface area contributed by atoms with E-state index in [0.29, 0.717) is 6.54 Å². The number of halogens is 1. The van der Waals surface area contributed by atoms with Crippen molar-refractivity contribution in [1.29, 1.82) is 0 Å². The summed E-state index contributed by atoms with van der Waals surface area (Å²) in [5.41, 5.74) is 9.13. The van der Waals surface area contributed by atoms with Gasteiger partial charge in [0.25, 0.3) is 0 Å². The second-order valence-electron chi connectivity index (χ2n) is 4.69. The predicted octanol–water partition coefficient (Wildman–Crippen LogP) is 3.55. The van der Waals surface area contributed by atoms with E-state index in [0.717, 1.165) is 33.6 Å². The number of anilines is 1. The topological polar surface area (TPSA) is 38.5 Å². The number of nitrogens with zero attached hydrogens (tertiary/aromatic N) is 1. The monoisotopic (exact) mass is 334 g/mol. The summed E-state index contributed by atoms with van der Waals surface area (Å²) in [6.45, 7) is 1.32. The number of ether oxygens (including phenoxy) is 1. The minimum atomic E-state index is 0.537.